The molecule has 2 aromatic heterocycles. The molecule has 0 saturated heterocycles. The van der Waals surface area contributed by atoms with Gasteiger partial charge in [0.25, 0.3) is 0 Å². The fraction of sp³-hybridized carbons (Fsp3) is 0.316. The molecule has 7 heteroatoms. The summed E-state index contributed by atoms with van der Waals surface area (Å²) in [5.74, 6) is 1.81. The van der Waals surface area contributed by atoms with Crippen LogP contribution in [0.25, 0.3) is 5.65 Å². The zero-order valence-electron chi connectivity index (χ0n) is 15.4. The molecule has 0 radical (unpaired) electrons. The number of hydrogen-bond donors (Lipinski definition) is 1. The Morgan fingerprint density at radius 1 is 1.15 bits per heavy atom. The number of aliphatic imine (C=N–C) groups is 1. The summed E-state index contributed by atoms with van der Waals surface area (Å²) in [5.41, 5.74) is 3.41. The van der Waals surface area contributed by atoms with Crippen LogP contribution in [0.3, 0.4) is 0 Å². The topological polar surface area (TPSA) is 57.8 Å². The van der Waals surface area contributed by atoms with Crippen molar-refractivity contribution in [3.63, 3.8) is 0 Å². The van der Waals surface area contributed by atoms with Crippen molar-refractivity contribution in [3.05, 3.63) is 65.6 Å². The zero-order chi connectivity index (χ0) is 17.6. The fourth-order valence-corrected chi connectivity index (χ4v) is 2.77. The van der Waals surface area contributed by atoms with E-state index in [1.54, 1.807) is 7.05 Å². The Hall–Kier alpha value is -2.16. The first-order valence-corrected chi connectivity index (χ1v) is 8.43. The second-order valence-electron chi connectivity index (χ2n) is 6.11. The lowest BCUT2D eigenvalue weighted by Gasteiger charge is -2.22. The Morgan fingerprint density at radius 3 is 2.65 bits per heavy atom. The van der Waals surface area contributed by atoms with E-state index in [2.05, 4.69) is 56.6 Å². The monoisotopic (exact) mass is 464 g/mol. The van der Waals surface area contributed by atoms with Gasteiger partial charge in [-0.3, -0.25) is 9.39 Å². The van der Waals surface area contributed by atoms with Crippen molar-refractivity contribution in [2.75, 3.05) is 20.6 Å². The van der Waals surface area contributed by atoms with Gasteiger partial charge in [-0.1, -0.05) is 35.9 Å². The molecule has 0 atom stereocenters. The number of fused-ring (bicyclic) bond motifs is 1. The Bertz CT molecular complexity index is 856. The molecule has 6 nitrogen and oxygen atoms in total. The largest absolute Gasteiger partial charge is 0.356 e. The van der Waals surface area contributed by atoms with Gasteiger partial charge in [0.15, 0.2) is 11.6 Å². The molecule has 0 fully saturated rings. The van der Waals surface area contributed by atoms with Crippen molar-refractivity contribution < 1.29 is 0 Å². The molecule has 0 bridgehead atoms. The second kappa shape index (κ2) is 9.51. The summed E-state index contributed by atoms with van der Waals surface area (Å²) < 4.78 is 2.01. The number of aromatic nitrogens is 3. The highest BCUT2D eigenvalue weighted by Crippen LogP contribution is 2.06. The Morgan fingerprint density at radius 2 is 1.92 bits per heavy atom. The average Bonchev–Trinajstić information content (AvgIpc) is 3.04. The number of nitrogens with zero attached hydrogens (tertiary/aromatic N) is 5. The first-order valence-electron chi connectivity index (χ1n) is 8.43. The number of hydrogen-bond acceptors (Lipinski definition) is 3. The molecule has 3 rings (SSSR count). The van der Waals surface area contributed by atoms with E-state index >= 15 is 0 Å². The molecule has 26 heavy (non-hydrogen) atoms. The van der Waals surface area contributed by atoms with Gasteiger partial charge in [-0.25, -0.2) is 0 Å². The molecule has 0 aliphatic carbocycles. The smallest absolute Gasteiger partial charge is 0.193 e. The number of guanidine groups is 1. The van der Waals surface area contributed by atoms with E-state index in [-0.39, 0.29) is 24.0 Å². The summed E-state index contributed by atoms with van der Waals surface area (Å²) in [6.45, 7) is 3.66. The van der Waals surface area contributed by atoms with Gasteiger partial charge < -0.3 is 10.2 Å². The van der Waals surface area contributed by atoms with Crippen LogP contribution < -0.4 is 5.32 Å². The summed E-state index contributed by atoms with van der Waals surface area (Å²) in [6, 6.07) is 14.5. The number of benzene rings is 1. The Balaban J connectivity index is 0.00000243. The van der Waals surface area contributed by atoms with Crippen LogP contribution in [0.4, 0.5) is 0 Å². The molecule has 0 amide bonds. The first kappa shape index (κ1) is 20.2. The van der Waals surface area contributed by atoms with Crippen LogP contribution in [0.5, 0.6) is 0 Å². The highest BCUT2D eigenvalue weighted by atomic mass is 127. The molecule has 0 aliphatic rings. The lowest BCUT2D eigenvalue weighted by Crippen LogP contribution is -2.39. The Labute approximate surface area is 171 Å². The van der Waals surface area contributed by atoms with Gasteiger partial charge in [-0.2, -0.15) is 0 Å². The van der Waals surface area contributed by atoms with E-state index in [1.165, 1.54) is 11.1 Å². The quantitative estimate of drug-likeness (QED) is 0.359. The van der Waals surface area contributed by atoms with E-state index in [0.717, 1.165) is 36.9 Å². The highest BCUT2D eigenvalue weighted by Gasteiger charge is 2.08. The van der Waals surface area contributed by atoms with Crippen LogP contribution in [0.15, 0.2) is 53.7 Å². The molecule has 0 saturated carbocycles. The van der Waals surface area contributed by atoms with Crippen molar-refractivity contribution in [3.8, 4) is 0 Å². The molecular weight excluding hydrogens is 439 g/mol. The number of halogens is 1. The first-order chi connectivity index (χ1) is 12.2. The zero-order valence-corrected chi connectivity index (χ0v) is 17.7. The third-order valence-electron chi connectivity index (χ3n) is 4.13. The van der Waals surface area contributed by atoms with Crippen LogP contribution in [-0.2, 0) is 13.0 Å². The highest BCUT2D eigenvalue weighted by molar-refractivity contribution is 14.0. The van der Waals surface area contributed by atoms with E-state index in [0.29, 0.717) is 0 Å². The summed E-state index contributed by atoms with van der Waals surface area (Å²) in [5, 5.41) is 11.8. The Kier molecular flexibility index (Phi) is 7.38. The second-order valence-corrected chi connectivity index (χ2v) is 6.11. The number of aryl methyl sites for hydroxylation is 1. The maximum absolute atomic E-state index is 4.37. The van der Waals surface area contributed by atoms with Gasteiger partial charge in [-0.05, 0) is 24.6 Å². The molecule has 138 valence electrons. The standard InChI is InChI=1S/C19H24N6.HI/c1-15-7-9-16(10-8-15)14-24(3)19(20-2)21-12-11-18-23-22-17-6-4-5-13-25(17)18;/h4-10,13H,11-12,14H2,1-3H3,(H,20,21);1H. The van der Waals surface area contributed by atoms with Gasteiger partial charge in [-0.15, -0.1) is 34.2 Å². The average molecular weight is 464 g/mol. The van der Waals surface area contributed by atoms with Crippen LogP contribution >= 0.6 is 24.0 Å². The minimum atomic E-state index is 0. The van der Waals surface area contributed by atoms with Gasteiger partial charge in [0.2, 0.25) is 0 Å². The lowest BCUT2D eigenvalue weighted by molar-refractivity contribution is 0.476. The van der Waals surface area contributed by atoms with Crippen LogP contribution in [-0.4, -0.2) is 46.1 Å². The normalized spacial score (nSPS) is 11.3. The predicted molar refractivity (Wildman–Crippen MR) is 116 cm³/mol. The molecule has 3 aromatic rings. The molecule has 0 spiro atoms. The third-order valence-corrected chi connectivity index (χ3v) is 4.13. The van der Waals surface area contributed by atoms with E-state index in [1.807, 2.05) is 35.8 Å². The summed E-state index contributed by atoms with van der Waals surface area (Å²) >= 11 is 0. The maximum atomic E-state index is 4.37. The van der Waals surface area contributed by atoms with Crippen LogP contribution in [0.2, 0.25) is 0 Å². The molecule has 1 N–H and O–H groups in total. The van der Waals surface area contributed by atoms with Crippen molar-refractivity contribution >= 4 is 35.6 Å². The number of pyridine rings is 1. The SMILES string of the molecule is CN=C(NCCc1nnc2ccccn12)N(C)Cc1ccc(C)cc1.I. The molecule has 1 aromatic carbocycles. The van der Waals surface area contributed by atoms with Gasteiger partial charge in [0, 0.05) is 39.8 Å². The van der Waals surface area contributed by atoms with Gasteiger partial charge in [0.05, 0.1) is 0 Å². The molecule has 0 aliphatic heterocycles. The fourth-order valence-electron chi connectivity index (χ4n) is 2.77. The van der Waals surface area contributed by atoms with Crippen LogP contribution in [0, 0.1) is 6.92 Å². The van der Waals surface area contributed by atoms with E-state index in [4.69, 9.17) is 0 Å². The molecule has 0 unspecified atom stereocenters. The van der Waals surface area contributed by atoms with Gasteiger partial charge >= 0.3 is 0 Å². The lowest BCUT2D eigenvalue weighted by atomic mass is 10.1. The van der Waals surface area contributed by atoms with E-state index in [9.17, 15) is 0 Å². The summed E-state index contributed by atoms with van der Waals surface area (Å²) in [4.78, 5) is 6.49. The summed E-state index contributed by atoms with van der Waals surface area (Å²) in [6.07, 6.45) is 2.77. The molecular formula is C19H25IN6. The van der Waals surface area contributed by atoms with Gasteiger partial charge in [0.1, 0.15) is 5.82 Å². The number of rotatable bonds is 5. The van der Waals surface area contributed by atoms with E-state index < -0.39 is 0 Å². The minimum absolute atomic E-state index is 0. The van der Waals surface area contributed by atoms with Crippen molar-refractivity contribution in [1.29, 1.82) is 0 Å². The minimum Gasteiger partial charge on any atom is -0.356 e. The maximum Gasteiger partial charge on any atom is 0.193 e. The van der Waals surface area contributed by atoms with Crippen molar-refractivity contribution in [2.45, 2.75) is 19.9 Å². The van der Waals surface area contributed by atoms with Crippen molar-refractivity contribution in [2.24, 2.45) is 4.99 Å². The molecule has 2 heterocycles. The predicted octanol–water partition coefficient (Wildman–Crippen LogP) is 2.91. The van der Waals surface area contributed by atoms with Crippen LogP contribution in [0.1, 0.15) is 17.0 Å². The third kappa shape index (κ3) is 4.94. The summed E-state index contributed by atoms with van der Waals surface area (Å²) in [7, 11) is 3.85. The van der Waals surface area contributed by atoms with Crippen molar-refractivity contribution in [1.82, 2.24) is 24.8 Å². The number of nitrogens with one attached hydrogen (secondary N) is 1.